The molecule has 1 aliphatic rings. The summed E-state index contributed by atoms with van der Waals surface area (Å²) in [4.78, 5) is 16.2. The first-order valence-electron chi connectivity index (χ1n) is 5.80. The van der Waals surface area contributed by atoms with E-state index in [9.17, 15) is 10.1 Å². The van der Waals surface area contributed by atoms with Gasteiger partial charge in [-0.05, 0) is 13.0 Å². The van der Waals surface area contributed by atoms with Gasteiger partial charge in [-0.2, -0.15) is 0 Å². The maximum absolute atomic E-state index is 10.5. The lowest BCUT2D eigenvalue weighted by Gasteiger charge is -2.35. The molecule has 0 amide bonds. The van der Waals surface area contributed by atoms with E-state index >= 15 is 0 Å². The molecule has 98 valence electrons. The summed E-state index contributed by atoms with van der Waals surface area (Å²) < 4.78 is 5.55. The van der Waals surface area contributed by atoms with Crippen molar-refractivity contribution in [1.29, 1.82) is 0 Å². The highest BCUT2D eigenvalue weighted by atomic mass is 16.6. The van der Waals surface area contributed by atoms with E-state index in [0.29, 0.717) is 19.7 Å². The number of morpholine rings is 1. The Kier molecular flexibility index (Phi) is 3.73. The molecule has 2 N–H and O–H groups in total. The summed E-state index contributed by atoms with van der Waals surface area (Å²) in [5.41, 5.74) is 5.81. The first-order chi connectivity index (χ1) is 8.58. The van der Waals surface area contributed by atoms with Gasteiger partial charge in [0.2, 0.25) is 0 Å². The second kappa shape index (κ2) is 5.28. The molecular formula is C11H16N4O3. The van der Waals surface area contributed by atoms with Gasteiger partial charge in [-0.15, -0.1) is 0 Å². The Morgan fingerprint density at radius 3 is 3.00 bits per heavy atom. The van der Waals surface area contributed by atoms with Gasteiger partial charge in [0.05, 0.1) is 17.6 Å². The number of pyridine rings is 1. The molecule has 0 aromatic carbocycles. The van der Waals surface area contributed by atoms with Crippen molar-refractivity contribution in [1.82, 2.24) is 4.98 Å². The zero-order valence-corrected chi connectivity index (χ0v) is 10.2. The second-order valence-electron chi connectivity index (χ2n) is 4.35. The van der Waals surface area contributed by atoms with Crippen LogP contribution in [-0.2, 0) is 4.74 Å². The van der Waals surface area contributed by atoms with Crippen LogP contribution < -0.4 is 10.6 Å². The molecule has 2 rings (SSSR count). The highest BCUT2D eigenvalue weighted by molar-refractivity contribution is 5.43. The van der Waals surface area contributed by atoms with Crippen molar-refractivity contribution in [3.8, 4) is 0 Å². The van der Waals surface area contributed by atoms with Crippen molar-refractivity contribution in [2.75, 3.05) is 24.6 Å². The third-order valence-electron chi connectivity index (χ3n) is 2.95. The predicted octanol–water partition coefficient (Wildman–Crippen LogP) is 0.542. The Hall–Kier alpha value is -1.73. The highest BCUT2D eigenvalue weighted by Crippen LogP contribution is 2.18. The molecule has 0 bridgehead atoms. The lowest BCUT2D eigenvalue weighted by Crippen LogP contribution is -2.49. The molecule has 2 atom stereocenters. The monoisotopic (exact) mass is 252 g/mol. The van der Waals surface area contributed by atoms with Gasteiger partial charge < -0.3 is 15.4 Å². The molecule has 0 aliphatic carbocycles. The number of anilines is 1. The summed E-state index contributed by atoms with van der Waals surface area (Å²) in [5, 5.41) is 10.5. The predicted molar refractivity (Wildman–Crippen MR) is 66.5 cm³/mol. The minimum Gasteiger partial charge on any atom is -0.373 e. The minimum absolute atomic E-state index is 0.00393. The third kappa shape index (κ3) is 2.74. The molecule has 2 unspecified atom stereocenters. The Balaban J connectivity index is 2.09. The number of ether oxygens (including phenoxy) is 1. The summed E-state index contributed by atoms with van der Waals surface area (Å²) in [6, 6.07) is 3.06. The largest absolute Gasteiger partial charge is 0.373 e. The summed E-state index contributed by atoms with van der Waals surface area (Å²) in [5.74, 6) is 0.717. The molecule has 1 saturated heterocycles. The van der Waals surface area contributed by atoms with Crippen LogP contribution in [0.4, 0.5) is 11.5 Å². The van der Waals surface area contributed by atoms with E-state index in [4.69, 9.17) is 10.5 Å². The molecule has 1 fully saturated rings. The fraction of sp³-hybridized carbons (Fsp3) is 0.545. The Bertz CT molecular complexity index is 421. The first kappa shape index (κ1) is 12.7. The quantitative estimate of drug-likeness (QED) is 0.623. The Morgan fingerprint density at radius 1 is 1.67 bits per heavy atom. The lowest BCUT2D eigenvalue weighted by molar-refractivity contribution is -0.385. The average molecular weight is 252 g/mol. The van der Waals surface area contributed by atoms with Gasteiger partial charge in [0.25, 0.3) is 5.69 Å². The van der Waals surface area contributed by atoms with Crippen LogP contribution in [0.5, 0.6) is 0 Å². The zero-order chi connectivity index (χ0) is 13.1. The summed E-state index contributed by atoms with van der Waals surface area (Å²) >= 11 is 0. The number of rotatable bonds is 3. The zero-order valence-electron chi connectivity index (χ0n) is 10.2. The molecule has 0 spiro atoms. The molecule has 1 aliphatic heterocycles. The number of nitro groups is 1. The molecule has 1 aromatic heterocycles. The van der Waals surface area contributed by atoms with Crippen LogP contribution in [0.2, 0.25) is 0 Å². The van der Waals surface area contributed by atoms with E-state index in [1.54, 1.807) is 6.07 Å². The third-order valence-corrected chi connectivity index (χ3v) is 2.95. The van der Waals surface area contributed by atoms with Crippen LogP contribution in [0.3, 0.4) is 0 Å². The van der Waals surface area contributed by atoms with Crippen LogP contribution >= 0.6 is 0 Å². The Morgan fingerprint density at radius 2 is 2.44 bits per heavy atom. The fourth-order valence-electron chi connectivity index (χ4n) is 1.87. The van der Waals surface area contributed by atoms with Crippen LogP contribution in [0.1, 0.15) is 6.92 Å². The van der Waals surface area contributed by atoms with E-state index in [0.717, 1.165) is 5.82 Å². The fourth-order valence-corrected chi connectivity index (χ4v) is 1.87. The van der Waals surface area contributed by atoms with E-state index < -0.39 is 4.92 Å². The van der Waals surface area contributed by atoms with Gasteiger partial charge in [-0.1, -0.05) is 0 Å². The number of hydrogen-bond acceptors (Lipinski definition) is 6. The molecular weight excluding hydrogens is 236 g/mol. The van der Waals surface area contributed by atoms with Crippen LogP contribution in [0.15, 0.2) is 18.3 Å². The SMILES string of the molecule is CC(N)C1CN(c2ccc([N+](=O)[O-])cn2)CCO1. The molecule has 7 nitrogen and oxygen atoms in total. The maximum atomic E-state index is 10.5. The molecule has 1 aromatic rings. The summed E-state index contributed by atoms with van der Waals surface area (Å²) in [7, 11) is 0. The van der Waals surface area contributed by atoms with E-state index in [1.807, 2.05) is 11.8 Å². The first-order valence-corrected chi connectivity index (χ1v) is 5.80. The van der Waals surface area contributed by atoms with E-state index in [-0.39, 0.29) is 17.8 Å². The minimum atomic E-state index is -0.457. The second-order valence-corrected chi connectivity index (χ2v) is 4.35. The number of aromatic nitrogens is 1. The maximum Gasteiger partial charge on any atom is 0.287 e. The van der Waals surface area contributed by atoms with Crippen LogP contribution in [0, 0.1) is 10.1 Å². The van der Waals surface area contributed by atoms with Crippen molar-refractivity contribution < 1.29 is 9.66 Å². The van der Waals surface area contributed by atoms with Crippen molar-refractivity contribution in [3.05, 3.63) is 28.4 Å². The topological polar surface area (TPSA) is 94.5 Å². The van der Waals surface area contributed by atoms with Gasteiger partial charge in [0.1, 0.15) is 12.0 Å². The highest BCUT2D eigenvalue weighted by Gasteiger charge is 2.24. The number of nitrogens with zero attached hydrogens (tertiary/aromatic N) is 3. The standard InChI is InChI=1S/C11H16N4O3/c1-8(12)10-7-14(4-5-18-10)11-3-2-9(6-13-11)15(16)17/h2-3,6,8,10H,4-5,7,12H2,1H3. The van der Waals surface area contributed by atoms with Crippen molar-refractivity contribution in [2.24, 2.45) is 5.73 Å². The van der Waals surface area contributed by atoms with E-state index in [1.165, 1.54) is 12.3 Å². The molecule has 0 saturated carbocycles. The van der Waals surface area contributed by atoms with Crippen molar-refractivity contribution in [3.63, 3.8) is 0 Å². The molecule has 2 heterocycles. The van der Waals surface area contributed by atoms with Crippen molar-refractivity contribution in [2.45, 2.75) is 19.1 Å². The van der Waals surface area contributed by atoms with Gasteiger partial charge >= 0.3 is 0 Å². The number of nitrogens with two attached hydrogens (primary N) is 1. The molecule has 0 radical (unpaired) electrons. The molecule has 18 heavy (non-hydrogen) atoms. The smallest absolute Gasteiger partial charge is 0.287 e. The van der Waals surface area contributed by atoms with Gasteiger partial charge in [-0.3, -0.25) is 10.1 Å². The summed E-state index contributed by atoms with van der Waals surface area (Å²) in [6.07, 6.45) is 1.24. The average Bonchev–Trinajstić information content (AvgIpc) is 2.39. The van der Waals surface area contributed by atoms with Crippen LogP contribution in [0.25, 0.3) is 0 Å². The van der Waals surface area contributed by atoms with Crippen LogP contribution in [-0.4, -0.2) is 41.7 Å². The van der Waals surface area contributed by atoms with E-state index in [2.05, 4.69) is 4.98 Å². The Labute approximate surface area is 105 Å². The number of hydrogen-bond donors (Lipinski definition) is 1. The normalized spacial score (nSPS) is 21.7. The van der Waals surface area contributed by atoms with Crippen molar-refractivity contribution >= 4 is 11.5 Å². The lowest BCUT2D eigenvalue weighted by atomic mass is 10.1. The molecule has 7 heteroatoms. The van der Waals surface area contributed by atoms with Gasteiger partial charge in [0.15, 0.2) is 0 Å². The summed E-state index contributed by atoms with van der Waals surface area (Å²) in [6.45, 7) is 3.86. The van der Waals surface area contributed by atoms with Gasteiger partial charge in [-0.25, -0.2) is 4.98 Å². The van der Waals surface area contributed by atoms with Gasteiger partial charge in [0, 0.05) is 25.2 Å².